The highest BCUT2D eigenvalue weighted by Crippen LogP contribution is 2.34. The molecule has 1 N–H and O–H groups in total. The van der Waals surface area contributed by atoms with Gasteiger partial charge in [-0.25, -0.2) is 9.79 Å². The number of phenolic OH excluding ortho intramolecular Hbond substituents is 1. The predicted molar refractivity (Wildman–Crippen MR) is 70.7 cm³/mol. The summed E-state index contributed by atoms with van der Waals surface area (Å²) in [6, 6.07) is 3.37. The second kappa shape index (κ2) is 4.62. The molecule has 17 heavy (non-hydrogen) atoms. The molecule has 0 radical (unpaired) electrons. The lowest BCUT2D eigenvalue weighted by Gasteiger charge is -2.02. The Morgan fingerprint density at radius 1 is 1.35 bits per heavy atom. The van der Waals surface area contributed by atoms with Crippen LogP contribution in [-0.4, -0.2) is 17.0 Å². The average molecular weight is 361 g/mol. The summed E-state index contributed by atoms with van der Waals surface area (Å²) >= 11 is 6.42. The third-order valence-electron chi connectivity index (χ3n) is 2.07. The molecule has 0 aromatic heterocycles. The maximum Gasteiger partial charge on any atom is 0.363 e. The van der Waals surface area contributed by atoms with E-state index >= 15 is 0 Å². The molecule has 0 unspecified atom stereocenters. The molecule has 0 fully saturated rings. The smallest absolute Gasteiger partial charge is 0.363 e. The average Bonchev–Trinajstić information content (AvgIpc) is 2.54. The van der Waals surface area contributed by atoms with Crippen LogP contribution < -0.4 is 0 Å². The number of phenols is 1. The Hall–Kier alpha value is -1.14. The van der Waals surface area contributed by atoms with E-state index in [0.29, 0.717) is 14.8 Å². The summed E-state index contributed by atoms with van der Waals surface area (Å²) in [5, 5.41) is 9.55. The van der Waals surface area contributed by atoms with Crippen molar-refractivity contribution in [3.8, 4) is 5.75 Å². The summed E-state index contributed by atoms with van der Waals surface area (Å²) < 4.78 is 5.87. The fourth-order valence-electron chi connectivity index (χ4n) is 1.34. The number of aliphatic imine (C=N–C) groups is 1. The molecular formula is C11H7Br2NO3. The predicted octanol–water partition coefficient (Wildman–Crippen LogP) is 3.23. The first-order valence-corrected chi connectivity index (χ1v) is 6.23. The van der Waals surface area contributed by atoms with E-state index in [9.17, 15) is 9.90 Å². The molecule has 4 nitrogen and oxygen atoms in total. The van der Waals surface area contributed by atoms with Crippen molar-refractivity contribution in [2.45, 2.75) is 6.92 Å². The van der Waals surface area contributed by atoms with Crippen molar-refractivity contribution in [3.63, 3.8) is 0 Å². The molecule has 0 saturated heterocycles. The zero-order valence-corrected chi connectivity index (χ0v) is 11.9. The lowest BCUT2D eigenvalue weighted by atomic mass is 10.2. The van der Waals surface area contributed by atoms with E-state index in [0.717, 1.165) is 5.56 Å². The molecule has 2 rings (SSSR count). The highest BCUT2D eigenvalue weighted by molar-refractivity contribution is 9.11. The van der Waals surface area contributed by atoms with Gasteiger partial charge in [0.1, 0.15) is 5.75 Å². The summed E-state index contributed by atoms with van der Waals surface area (Å²) in [5.74, 6) is -0.0261. The highest BCUT2D eigenvalue weighted by atomic mass is 79.9. The summed E-state index contributed by atoms with van der Waals surface area (Å²) in [6.45, 7) is 1.61. The number of carbonyl (C=O) groups is 1. The van der Waals surface area contributed by atoms with Crippen molar-refractivity contribution < 1.29 is 14.6 Å². The second-order valence-electron chi connectivity index (χ2n) is 3.38. The van der Waals surface area contributed by atoms with Crippen LogP contribution in [0.3, 0.4) is 0 Å². The maximum absolute atomic E-state index is 11.3. The second-order valence-corrected chi connectivity index (χ2v) is 5.09. The Labute approximate surface area is 114 Å². The lowest BCUT2D eigenvalue weighted by Crippen LogP contribution is -1.99. The van der Waals surface area contributed by atoms with Crippen LogP contribution >= 0.6 is 31.9 Å². The van der Waals surface area contributed by atoms with Crippen LogP contribution in [0, 0.1) is 0 Å². The van der Waals surface area contributed by atoms with Gasteiger partial charge in [-0.3, -0.25) is 0 Å². The molecule has 0 saturated carbocycles. The van der Waals surface area contributed by atoms with E-state index < -0.39 is 5.97 Å². The number of halogens is 2. The first-order chi connectivity index (χ1) is 7.97. The van der Waals surface area contributed by atoms with E-state index in [4.69, 9.17) is 4.74 Å². The van der Waals surface area contributed by atoms with Gasteiger partial charge in [-0.05, 0) is 55.6 Å². The number of hydrogen-bond donors (Lipinski definition) is 1. The van der Waals surface area contributed by atoms with Gasteiger partial charge in [-0.15, -0.1) is 0 Å². The molecule has 1 aromatic rings. The number of esters is 1. The van der Waals surface area contributed by atoms with Gasteiger partial charge in [0, 0.05) is 6.92 Å². The molecule has 0 bridgehead atoms. The van der Waals surface area contributed by atoms with Gasteiger partial charge < -0.3 is 9.84 Å². The quantitative estimate of drug-likeness (QED) is 0.617. The number of nitrogens with zero attached hydrogens (tertiary/aromatic N) is 1. The normalized spacial score (nSPS) is 17.2. The van der Waals surface area contributed by atoms with Gasteiger partial charge >= 0.3 is 5.97 Å². The molecule has 1 heterocycles. The molecule has 6 heteroatoms. The van der Waals surface area contributed by atoms with E-state index in [2.05, 4.69) is 36.9 Å². The molecule has 0 aliphatic carbocycles. The van der Waals surface area contributed by atoms with Gasteiger partial charge in [0.2, 0.25) is 0 Å². The zero-order valence-electron chi connectivity index (χ0n) is 8.70. The largest absolute Gasteiger partial charge is 0.506 e. The topological polar surface area (TPSA) is 58.9 Å². The fraction of sp³-hybridized carbons (Fsp3) is 0.0909. The lowest BCUT2D eigenvalue weighted by molar-refractivity contribution is -0.130. The Kier molecular flexibility index (Phi) is 3.35. The van der Waals surface area contributed by atoms with E-state index in [1.807, 2.05) is 0 Å². The number of cyclic esters (lactones) is 1. The van der Waals surface area contributed by atoms with Gasteiger partial charge in [0.05, 0.1) is 8.95 Å². The molecule has 0 spiro atoms. The number of ether oxygens (including phenoxy) is 1. The van der Waals surface area contributed by atoms with Crippen LogP contribution in [0.15, 0.2) is 31.8 Å². The molecular weight excluding hydrogens is 354 g/mol. The third kappa shape index (κ3) is 2.58. The standard InChI is InChI=1S/C11H7Br2NO3/c1-5-14-9(11(16)17-5)4-6-2-7(12)10(15)8(13)3-6/h2-4,15H,1H3/b9-4-. The fourth-order valence-corrected chi connectivity index (χ4v) is 2.56. The molecule has 1 aliphatic rings. The molecule has 88 valence electrons. The summed E-state index contributed by atoms with van der Waals surface area (Å²) in [5.41, 5.74) is 0.971. The summed E-state index contributed by atoms with van der Waals surface area (Å²) in [6.07, 6.45) is 1.59. The Morgan fingerprint density at radius 2 is 1.94 bits per heavy atom. The minimum atomic E-state index is -0.470. The van der Waals surface area contributed by atoms with E-state index in [1.54, 1.807) is 25.1 Å². The van der Waals surface area contributed by atoms with Crippen molar-refractivity contribution in [3.05, 3.63) is 32.3 Å². The highest BCUT2D eigenvalue weighted by Gasteiger charge is 2.19. The van der Waals surface area contributed by atoms with Crippen molar-refractivity contribution in [1.29, 1.82) is 0 Å². The SMILES string of the molecule is CC1=N/C(=C\c2cc(Br)c(O)c(Br)c2)C(=O)O1. The van der Waals surface area contributed by atoms with Crippen molar-refractivity contribution in [2.24, 2.45) is 4.99 Å². The Bertz CT molecular complexity index is 541. The summed E-state index contributed by atoms with van der Waals surface area (Å²) in [4.78, 5) is 15.3. The zero-order chi connectivity index (χ0) is 12.6. The number of carbonyl (C=O) groups excluding carboxylic acids is 1. The van der Waals surface area contributed by atoms with Crippen LogP contribution in [0.1, 0.15) is 12.5 Å². The molecule has 1 aliphatic heterocycles. The minimum absolute atomic E-state index is 0.112. The maximum atomic E-state index is 11.3. The van der Waals surface area contributed by atoms with Gasteiger partial charge in [0.25, 0.3) is 0 Å². The molecule has 0 atom stereocenters. The van der Waals surface area contributed by atoms with Crippen LogP contribution in [0.25, 0.3) is 6.08 Å². The molecule has 0 amide bonds. The van der Waals surface area contributed by atoms with E-state index in [-0.39, 0.29) is 11.4 Å². The van der Waals surface area contributed by atoms with Crippen molar-refractivity contribution >= 4 is 49.8 Å². The van der Waals surface area contributed by atoms with Gasteiger partial charge in [0.15, 0.2) is 11.6 Å². The third-order valence-corrected chi connectivity index (χ3v) is 3.28. The first-order valence-electron chi connectivity index (χ1n) is 4.64. The monoisotopic (exact) mass is 359 g/mol. The van der Waals surface area contributed by atoms with Crippen LogP contribution in [0.2, 0.25) is 0 Å². The molecule has 1 aromatic carbocycles. The van der Waals surface area contributed by atoms with E-state index in [1.165, 1.54) is 0 Å². The van der Waals surface area contributed by atoms with Gasteiger partial charge in [-0.2, -0.15) is 0 Å². The van der Waals surface area contributed by atoms with Crippen LogP contribution in [0.4, 0.5) is 0 Å². The number of hydrogen-bond acceptors (Lipinski definition) is 4. The van der Waals surface area contributed by atoms with Crippen LogP contribution in [-0.2, 0) is 9.53 Å². The summed E-state index contributed by atoms with van der Waals surface area (Å²) in [7, 11) is 0. The van der Waals surface area contributed by atoms with Crippen molar-refractivity contribution in [1.82, 2.24) is 0 Å². The van der Waals surface area contributed by atoms with Crippen molar-refractivity contribution in [2.75, 3.05) is 0 Å². The van der Waals surface area contributed by atoms with Gasteiger partial charge in [-0.1, -0.05) is 0 Å². The van der Waals surface area contributed by atoms with Crippen LogP contribution in [0.5, 0.6) is 5.75 Å². The number of rotatable bonds is 1. The number of benzene rings is 1. The first kappa shape index (κ1) is 12.3. The Balaban J connectivity index is 2.43. The number of aromatic hydroxyl groups is 1. The minimum Gasteiger partial charge on any atom is -0.506 e. The Morgan fingerprint density at radius 3 is 2.41 bits per heavy atom.